The zero-order chi connectivity index (χ0) is 21.4. The molecule has 0 spiro atoms. The molecule has 1 amide bonds. The van der Waals surface area contributed by atoms with Crippen molar-refractivity contribution in [3.8, 4) is 11.5 Å². The van der Waals surface area contributed by atoms with Gasteiger partial charge in [0, 0.05) is 11.6 Å². The summed E-state index contributed by atoms with van der Waals surface area (Å²) in [5.41, 5.74) is 6.29. The zero-order valence-electron chi connectivity index (χ0n) is 16.9. The van der Waals surface area contributed by atoms with Gasteiger partial charge in [0.15, 0.2) is 11.5 Å². The lowest BCUT2D eigenvalue weighted by Gasteiger charge is -2.17. The molecule has 1 unspecified atom stereocenters. The molecule has 0 aromatic heterocycles. The number of benzene rings is 2. The monoisotopic (exact) mass is 401 g/mol. The number of nitrogens with two attached hydrogens (primary N) is 1. The van der Waals surface area contributed by atoms with Crippen molar-refractivity contribution in [1.82, 2.24) is 5.32 Å². The Morgan fingerprint density at radius 3 is 2.62 bits per heavy atom. The van der Waals surface area contributed by atoms with Gasteiger partial charge in [-0.2, -0.15) is 0 Å². The van der Waals surface area contributed by atoms with E-state index in [0.29, 0.717) is 18.1 Å². The first-order valence-corrected chi connectivity index (χ1v) is 9.52. The van der Waals surface area contributed by atoms with Crippen LogP contribution in [0, 0.1) is 10.1 Å². The minimum Gasteiger partial charge on any atom is -0.493 e. The lowest BCUT2D eigenvalue weighted by atomic mass is 10.1. The van der Waals surface area contributed by atoms with Crippen LogP contribution in [0.2, 0.25) is 0 Å². The first kappa shape index (κ1) is 22.0. The summed E-state index contributed by atoms with van der Waals surface area (Å²) < 4.78 is 11.2. The third kappa shape index (κ3) is 5.84. The van der Waals surface area contributed by atoms with Gasteiger partial charge >= 0.3 is 0 Å². The number of nitro groups is 1. The summed E-state index contributed by atoms with van der Waals surface area (Å²) in [7, 11) is 1.56. The number of rotatable bonds is 10. The highest BCUT2D eigenvalue weighted by atomic mass is 16.6. The standard InChI is InChI=1S/C21H27N3O5/c1-4-5-6-11-29-19-10-8-15(13-20(19)28-3)14(2)23-21(25)16-7-9-17(22)18(12-16)24(26)27/h7-10,12-14H,4-6,11,22H2,1-3H3,(H,23,25). The van der Waals surface area contributed by atoms with Gasteiger partial charge in [-0.3, -0.25) is 14.9 Å². The number of unbranched alkanes of at least 4 members (excludes halogenated alkanes) is 2. The molecule has 0 bridgehead atoms. The van der Waals surface area contributed by atoms with Gasteiger partial charge in [-0.1, -0.05) is 25.8 Å². The molecule has 2 rings (SSSR count). The molecule has 0 fully saturated rings. The number of hydrogen-bond donors (Lipinski definition) is 2. The predicted octanol–water partition coefficient (Wildman–Crippen LogP) is 4.25. The number of anilines is 1. The van der Waals surface area contributed by atoms with E-state index in [1.165, 1.54) is 18.2 Å². The normalized spacial score (nSPS) is 11.6. The third-order valence-electron chi connectivity index (χ3n) is 4.53. The number of hydrogen-bond acceptors (Lipinski definition) is 6. The first-order valence-electron chi connectivity index (χ1n) is 9.52. The quantitative estimate of drug-likeness (QED) is 0.266. The highest BCUT2D eigenvalue weighted by Gasteiger charge is 2.18. The van der Waals surface area contributed by atoms with E-state index < -0.39 is 10.8 Å². The first-order chi connectivity index (χ1) is 13.9. The topological polar surface area (TPSA) is 117 Å². The molecule has 8 nitrogen and oxygen atoms in total. The fourth-order valence-electron chi connectivity index (χ4n) is 2.81. The molecule has 0 heterocycles. The van der Waals surface area contributed by atoms with Crippen molar-refractivity contribution in [3.05, 3.63) is 57.6 Å². The fourth-order valence-corrected chi connectivity index (χ4v) is 2.81. The van der Waals surface area contributed by atoms with E-state index in [0.717, 1.165) is 24.8 Å². The number of nitro benzene ring substituents is 1. The van der Waals surface area contributed by atoms with Gasteiger partial charge in [0.2, 0.25) is 0 Å². The molecular formula is C21H27N3O5. The molecule has 3 N–H and O–H groups in total. The Hall–Kier alpha value is -3.29. The highest BCUT2D eigenvalue weighted by molar-refractivity contribution is 5.95. The average Bonchev–Trinajstić information content (AvgIpc) is 2.71. The number of nitrogens with one attached hydrogen (secondary N) is 1. The molecule has 2 aromatic carbocycles. The molecule has 0 saturated carbocycles. The molecule has 1 atom stereocenters. The number of nitrogen functional groups attached to an aromatic ring is 1. The molecular weight excluding hydrogens is 374 g/mol. The molecule has 156 valence electrons. The second kappa shape index (κ2) is 10.3. The Balaban J connectivity index is 2.10. The second-order valence-corrected chi connectivity index (χ2v) is 6.69. The Bertz CT molecular complexity index is 869. The van der Waals surface area contributed by atoms with E-state index in [2.05, 4.69) is 12.2 Å². The van der Waals surface area contributed by atoms with Crippen molar-refractivity contribution in [1.29, 1.82) is 0 Å². The maximum atomic E-state index is 12.5. The van der Waals surface area contributed by atoms with Crippen LogP contribution in [0.1, 0.15) is 55.1 Å². The van der Waals surface area contributed by atoms with E-state index in [-0.39, 0.29) is 23.0 Å². The van der Waals surface area contributed by atoms with Crippen molar-refractivity contribution < 1.29 is 19.2 Å². The fraction of sp³-hybridized carbons (Fsp3) is 0.381. The van der Waals surface area contributed by atoms with Crippen molar-refractivity contribution in [2.45, 2.75) is 39.2 Å². The smallest absolute Gasteiger partial charge is 0.292 e. The summed E-state index contributed by atoms with van der Waals surface area (Å²) >= 11 is 0. The van der Waals surface area contributed by atoms with Crippen LogP contribution in [-0.2, 0) is 0 Å². The van der Waals surface area contributed by atoms with E-state index in [4.69, 9.17) is 15.2 Å². The van der Waals surface area contributed by atoms with Crippen LogP contribution < -0.4 is 20.5 Å². The largest absolute Gasteiger partial charge is 0.493 e. The minimum atomic E-state index is -0.611. The van der Waals surface area contributed by atoms with Crippen molar-refractivity contribution >= 4 is 17.3 Å². The van der Waals surface area contributed by atoms with E-state index in [1.54, 1.807) is 7.11 Å². The van der Waals surface area contributed by atoms with E-state index in [1.807, 2.05) is 25.1 Å². The average molecular weight is 401 g/mol. The second-order valence-electron chi connectivity index (χ2n) is 6.69. The molecule has 0 radical (unpaired) electrons. The lowest BCUT2D eigenvalue weighted by Crippen LogP contribution is -2.26. The molecule has 0 saturated heterocycles. The summed E-state index contributed by atoms with van der Waals surface area (Å²) in [6, 6.07) is 9.12. The van der Waals surface area contributed by atoms with Gasteiger partial charge in [0.05, 0.1) is 24.7 Å². The SMILES string of the molecule is CCCCCOc1ccc(C(C)NC(=O)c2ccc(N)c([N+](=O)[O-])c2)cc1OC. The number of ether oxygens (including phenoxy) is 2. The summed E-state index contributed by atoms with van der Waals surface area (Å²) in [6.07, 6.45) is 3.20. The zero-order valence-corrected chi connectivity index (χ0v) is 16.9. The summed E-state index contributed by atoms with van der Waals surface area (Å²) in [5.74, 6) is 0.808. The number of carbonyl (C=O) groups is 1. The summed E-state index contributed by atoms with van der Waals surface area (Å²) in [4.78, 5) is 22.9. The van der Waals surface area contributed by atoms with Gasteiger partial charge in [0.1, 0.15) is 5.69 Å². The van der Waals surface area contributed by atoms with Crippen LogP contribution in [0.15, 0.2) is 36.4 Å². The van der Waals surface area contributed by atoms with Gasteiger partial charge < -0.3 is 20.5 Å². The Morgan fingerprint density at radius 1 is 1.21 bits per heavy atom. The third-order valence-corrected chi connectivity index (χ3v) is 4.53. The summed E-state index contributed by atoms with van der Waals surface area (Å²) in [6.45, 7) is 4.57. The van der Waals surface area contributed by atoms with Crippen molar-refractivity contribution in [2.75, 3.05) is 19.5 Å². The van der Waals surface area contributed by atoms with Gasteiger partial charge in [-0.05, 0) is 43.2 Å². The van der Waals surface area contributed by atoms with Crippen molar-refractivity contribution in [3.63, 3.8) is 0 Å². The molecule has 0 aliphatic rings. The van der Waals surface area contributed by atoms with Gasteiger partial charge in [0.25, 0.3) is 11.6 Å². The van der Waals surface area contributed by atoms with Crippen molar-refractivity contribution in [2.24, 2.45) is 0 Å². The molecule has 29 heavy (non-hydrogen) atoms. The molecule has 0 aliphatic heterocycles. The highest BCUT2D eigenvalue weighted by Crippen LogP contribution is 2.31. The maximum absolute atomic E-state index is 12.5. The Labute approximate surface area is 170 Å². The summed E-state index contributed by atoms with van der Waals surface area (Å²) in [5, 5.41) is 13.9. The Kier molecular flexibility index (Phi) is 7.82. The van der Waals surface area contributed by atoms with E-state index >= 15 is 0 Å². The van der Waals surface area contributed by atoms with Crippen LogP contribution in [0.25, 0.3) is 0 Å². The molecule has 0 aliphatic carbocycles. The van der Waals surface area contributed by atoms with Gasteiger partial charge in [-0.15, -0.1) is 0 Å². The van der Waals surface area contributed by atoms with Gasteiger partial charge in [-0.25, -0.2) is 0 Å². The number of amides is 1. The molecule has 8 heteroatoms. The predicted molar refractivity (Wildman–Crippen MR) is 111 cm³/mol. The van der Waals surface area contributed by atoms with Crippen LogP contribution in [-0.4, -0.2) is 24.5 Å². The van der Waals surface area contributed by atoms with Crippen LogP contribution in [0.4, 0.5) is 11.4 Å². The van der Waals surface area contributed by atoms with Crippen LogP contribution in [0.5, 0.6) is 11.5 Å². The molecule has 2 aromatic rings. The Morgan fingerprint density at radius 2 is 1.97 bits per heavy atom. The lowest BCUT2D eigenvalue weighted by molar-refractivity contribution is -0.383. The number of nitrogens with zero attached hydrogens (tertiary/aromatic N) is 1. The number of methoxy groups -OCH3 is 1. The van der Waals surface area contributed by atoms with E-state index in [9.17, 15) is 14.9 Å². The van der Waals surface area contributed by atoms with Crippen LogP contribution >= 0.6 is 0 Å². The van der Waals surface area contributed by atoms with Crippen LogP contribution in [0.3, 0.4) is 0 Å². The maximum Gasteiger partial charge on any atom is 0.292 e. The minimum absolute atomic E-state index is 0.0128. The number of carbonyl (C=O) groups excluding carboxylic acids is 1.